The van der Waals surface area contributed by atoms with Gasteiger partial charge in [0.1, 0.15) is 12.2 Å². The molecule has 0 saturated heterocycles. The molecule has 0 saturated carbocycles. The van der Waals surface area contributed by atoms with E-state index in [-0.39, 0.29) is 18.8 Å². The summed E-state index contributed by atoms with van der Waals surface area (Å²) in [5.41, 5.74) is -2.31. The number of rotatable bonds is 8. The Bertz CT molecular complexity index is 1310. The van der Waals surface area contributed by atoms with Gasteiger partial charge in [0.15, 0.2) is 6.04 Å². The van der Waals surface area contributed by atoms with Gasteiger partial charge in [-0.25, -0.2) is 14.4 Å². The van der Waals surface area contributed by atoms with Gasteiger partial charge in [-0.2, -0.15) is 5.26 Å². The fourth-order valence-electron chi connectivity index (χ4n) is 3.84. The molecule has 0 heterocycles. The summed E-state index contributed by atoms with van der Waals surface area (Å²) in [6, 6.07) is 21.5. The Morgan fingerprint density at radius 2 is 1.57 bits per heavy atom. The van der Waals surface area contributed by atoms with Gasteiger partial charge in [0.25, 0.3) is 0 Å². The predicted molar refractivity (Wildman–Crippen MR) is 137 cm³/mol. The molecule has 0 radical (unpaired) electrons. The number of esters is 2. The van der Waals surface area contributed by atoms with E-state index in [0.29, 0.717) is 5.56 Å². The first-order valence-corrected chi connectivity index (χ1v) is 11.9. The fraction of sp³-hybridized carbons (Fsp3) is 0.310. The molecule has 8 nitrogen and oxygen atoms in total. The van der Waals surface area contributed by atoms with E-state index in [9.17, 15) is 19.6 Å². The van der Waals surface area contributed by atoms with Crippen molar-refractivity contribution >= 4 is 28.8 Å². The maximum absolute atomic E-state index is 13.8. The Labute approximate surface area is 216 Å². The third-order valence-electron chi connectivity index (χ3n) is 5.53. The summed E-state index contributed by atoms with van der Waals surface area (Å²) in [7, 11) is 0. The van der Waals surface area contributed by atoms with Crippen LogP contribution in [-0.2, 0) is 35.8 Å². The van der Waals surface area contributed by atoms with Crippen molar-refractivity contribution in [2.24, 2.45) is 0 Å². The van der Waals surface area contributed by atoms with Crippen molar-refractivity contribution < 1.29 is 28.6 Å². The van der Waals surface area contributed by atoms with Crippen LogP contribution in [0.15, 0.2) is 72.8 Å². The molecular formula is C29H30N2O6. The number of carbonyl (C=O) groups excluding carboxylic acids is 3. The highest BCUT2D eigenvalue weighted by Gasteiger charge is 2.55. The minimum atomic E-state index is -2.28. The van der Waals surface area contributed by atoms with Crippen molar-refractivity contribution in [3.05, 3.63) is 83.9 Å². The molecule has 0 bridgehead atoms. The highest BCUT2D eigenvalue weighted by molar-refractivity contribution is 5.98. The largest absolute Gasteiger partial charge is 0.464 e. The zero-order valence-corrected chi connectivity index (χ0v) is 21.3. The Morgan fingerprint density at radius 1 is 0.919 bits per heavy atom. The number of hydrogen-bond acceptors (Lipinski definition) is 7. The summed E-state index contributed by atoms with van der Waals surface area (Å²) >= 11 is 0. The molecular weight excluding hydrogens is 472 g/mol. The summed E-state index contributed by atoms with van der Waals surface area (Å²) < 4.78 is 16.1. The average Bonchev–Trinajstić information content (AvgIpc) is 2.87. The van der Waals surface area contributed by atoms with Crippen LogP contribution in [0.3, 0.4) is 0 Å². The third-order valence-corrected chi connectivity index (χ3v) is 5.53. The van der Waals surface area contributed by atoms with Gasteiger partial charge in [0, 0.05) is 0 Å². The van der Waals surface area contributed by atoms with Crippen LogP contribution in [0, 0.1) is 11.3 Å². The van der Waals surface area contributed by atoms with Crippen LogP contribution < -0.4 is 5.32 Å². The number of nitriles is 1. The van der Waals surface area contributed by atoms with Crippen molar-refractivity contribution in [3.63, 3.8) is 0 Å². The van der Waals surface area contributed by atoms with Gasteiger partial charge < -0.3 is 19.5 Å². The quantitative estimate of drug-likeness (QED) is 0.347. The molecule has 37 heavy (non-hydrogen) atoms. The Hall–Kier alpha value is -4.38. The highest BCUT2D eigenvalue weighted by atomic mass is 16.6. The maximum atomic E-state index is 13.8. The number of hydrogen-bond donors (Lipinski definition) is 1. The maximum Gasteiger partial charge on any atom is 0.408 e. The molecule has 3 aromatic carbocycles. The molecule has 8 heteroatoms. The number of fused-ring (bicyclic) bond motifs is 1. The standard InChI is InChI=1S/C29H30N2O6/c1-5-35-25(32)24(31-27(34)37-28(2,3)4)29(19-30,26(33)36-18-20-11-7-6-8-12-20)23-16-15-21-13-9-10-14-22(21)17-23/h6-17,24H,5,18H2,1-4H3,(H,31,34)/t24-,29-/m0/s1. The van der Waals surface area contributed by atoms with Crippen LogP contribution in [-0.4, -0.2) is 36.3 Å². The molecule has 3 aromatic rings. The molecule has 0 unspecified atom stereocenters. The molecule has 0 fully saturated rings. The Morgan fingerprint density at radius 3 is 2.19 bits per heavy atom. The molecule has 192 valence electrons. The van der Waals surface area contributed by atoms with E-state index < -0.39 is 35.1 Å². The van der Waals surface area contributed by atoms with Crippen molar-refractivity contribution in [1.82, 2.24) is 5.32 Å². The van der Waals surface area contributed by atoms with Crippen molar-refractivity contribution in [3.8, 4) is 6.07 Å². The topological polar surface area (TPSA) is 115 Å². The third kappa shape index (κ3) is 6.44. The van der Waals surface area contributed by atoms with Crippen molar-refractivity contribution in [2.75, 3.05) is 6.61 Å². The van der Waals surface area contributed by atoms with Gasteiger partial charge >= 0.3 is 18.0 Å². The summed E-state index contributed by atoms with van der Waals surface area (Å²) in [6.07, 6.45) is -0.984. The van der Waals surface area contributed by atoms with Gasteiger partial charge in [0.2, 0.25) is 5.41 Å². The van der Waals surface area contributed by atoms with E-state index in [2.05, 4.69) is 5.32 Å². The number of ether oxygens (including phenoxy) is 3. The molecule has 0 aliphatic rings. The predicted octanol–water partition coefficient (Wildman–Crippen LogP) is 4.80. The first-order valence-electron chi connectivity index (χ1n) is 11.9. The molecule has 1 N–H and O–H groups in total. The molecule has 0 spiro atoms. The lowest BCUT2D eigenvalue weighted by Gasteiger charge is -2.33. The summed E-state index contributed by atoms with van der Waals surface area (Å²) in [4.78, 5) is 39.8. The smallest absolute Gasteiger partial charge is 0.408 e. The Kier molecular flexibility index (Phi) is 8.51. The van der Waals surface area contributed by atoms with Gasteiger partial charge in [-0.1, -0.05) is 66.7 Å². The number of benzene rings is 3. The van der Waals surface area contributed by atoms with Gasteiger partial charge in [0.05, 0.1) is 12.7 Å². The SMILES string of the molecule is CCOC(=O)[C@H](NC(=O)OC(C)(C)C)[C@@](C#N)(C(=O)OCc1ccccc1)c1ccc2ccccc2c1. The lowest BCUT2D eigenvalue weighted by atomic mass is 9.74. The normalized spacial score (nSPS) is 13.5. The Balaban J connectivity index is 2.14. The second kappa shape index (κ2) is 11.6. The van der Waals surface area contributed by atoms with E-state index in [4.69, 9.17) is 14.2 Å². The minimum Gasteiger partial charge on any atom is -0.464 e. The van der Waals surface area contributed by atoms with Crippen LogP contribution in [0.5, 0.6) is 0 Å². The monoisotopic (exact) mass is 502 g/mol. The van der Waals surface area contributed by atoms with Crippen LogP contribution in [0.2, 0.25) is 0 Å². The number of nitrogens with zero attached hydrogens (tertiary/aromatic N) is 1. The van der Waals surface area contributed by atoms with Crippen LogP contribution in [0.4, 0.5) is 4.79 Å². The molecule has 0 aliphatic heterocycles. The van der Waals surface area contributed by atoms with E-state index in [0.717, 1.165) is 10.8 Å². The second-order valence-electron chi connectivity index (χ2n) is 9.37. The van der Waals surface area contributed by atoms with Gasteiger partial charge in [-0.05, 0) is 55.7 Å². The van der Waals surface area contributed by atoms with Crippen LogP contribution >= 0.6 is 0 Å². The number of nitrogens with one attached hydrogen (secondary N) is 1. The zero-order valence-electron chi connectivity index (χ0n) is 21.3. The summed E-state index contributed by atoms with van der Waals surface area (Å²) in [5.74, 6) is -1.98. The average molecular weight is 503 g/mol. The van der Waals surface area contributed by atoms with E-state index in [1.165, 1.54) is 0 Å². The van der Waals surface area contributed by atoms with E-state index >= 15 is 0 Å². The molecule has 2 atom stereocenters. The molecule has 0 aromatic heterocycles. The number of amides is 1. The first-order chi connectivity index (χ1) is 17.6. The number of carbonyl (C=O) groups is 3. The zero-order chi connectivity index (χ0) is 27.1. The van der Waals surface area contributed by atoms with Gasteiger partial charge in [-0.15, -0.1) is 0 Å². The second-order valence-corrected chi connectivity index (χ2v) is 9.37. The van der Waals surface area contributed by atoms with Crippen molar-refractivity contribution in [1.29, 1.82) is 5.26 Å². The van der Waals surface area contributed by atoms with Crippen molar-refractivity contribution in [2.45, 2.75) is 51.4 Å². The van der Waals surface area contributed by atoms with Gasteiger partial charge in [-0.3, -0.25) is 0 Å². The van der Waals surface area contributed by atoms with E-state index in [1.54, 1.807) is 70.2 Å². The van der Waals surface area contributed by atoms with E-state index in [1.807, 2.05) is 36.4 Å². The van der Waals surface area contributed by atoms with Crippen LogP contribution in [0.25, 0.3) is 10.8 Å². The number of alkyl carbamates (subject to hydrolysis) is 1. The molecule has 0 aliphatic carbocycles. The highest BCUT2D eigenvalue weighted by Crippen LogP contribution is 2.33. The fourth-order valence-corrected chi connectivity index (χ4v) is 3.84. The lowest BCUT2D eigenvalue weighted by molar-refractivity contribution is -0.158. The molecule has 3 rings (SSSR count). The summed E-state index contributed by atoms with van der Waals surface area (Å²) in [5, 5.41) is 14.6. The molecule has 1 amide bonds. The lowest BCUT2D eigenvalue weighted by Crippen LogP contribution is -2.59. The van der Waals surface area contributed by atoms with Crippen LogP contribution in [0.1, 0.15) is 38.8 Å². The summed E-state index contributed by atoms with van der Waals surface area (Å²) in [6.45, 7) is 6.37. The first kappa shape index (κ1) is 27.2. The minimum absolute atomic E-state index is 0.0381.